The molecule has 2 rings (SSSR count). The van der Waals surface area contributed by atoms with Crippen LogP contribution in [0.25, 0.3) is 0 Å². The molecular formula is C20H33N3O. The predicted molar refractivity (Wildman–Crippen MR) is 99.4 cm³/mol. The summed E-state index contributed by atoms with van der Waals surface area (Å²) in [7, 11) is 2.13. The Morgan fingerprint density at radius 3 is 2.62 bits per heavy atom. The van der Waals surface area contributed by atoms with Gasteiger partial charge in [0.1, 0.15) is 0 Å². The molecule has 1 amide bonds. The number of nitrogens with one attached hydrogen (secondary N) is 1. The second kappa shape index (κ2) is 8.13. The summed E-state index contributed by atoms with van der Waals surface area (Å²) < 4.78 is 0. The maximum Gasteiger partial charge on any atom is 0.225 e. The summed E-state index contributed by atoms with van der Waals surface area (Å²) in [4.78, 5) is 14.9. The second-order valence-corrected chi connectivity index (χ2v) is 7.80. The lowest BCUT2D eigenvalue weighted by molar-refractivity contribution is -0.128. The van der Waals surface area contributed by atoms with Gasteiger partial charge in [-0.05, 0) is 51.8 Å². The van der Waals surface area contributed by atoms with Crippen LogP contribution in [0.3, 0.4) is 0 Å². The highest BCUT2D eigenvalue weighted by atomic mass is 16.1. The Morgan fingerprint density at radius 2 is 2.00 bits per heavy atom. The molecule has 0 aromatic heterocycles. The summed E-state index contributed by atoms with van der Waals surface area (Å²) in [6.07, 6.45) is 4.05. The highest BCUT2D eigenvalue weighted by Crippen LogP contribution is 2.31. The lowest BCUT2D eigenvalue weighted by Crippen LogP contribution is -2.52. The molecule has 1 fully saturated rings. The fourth-order valence-electron chi connectivity index (χ4n) is 3.43. The fraction of sp³-hybridized carbons (Fsp3) is 0.650. The molecule has 0 bridgehead atoms. The van der Waals surface area contributed by atoms with Gasteiger partial charge < -0.3 is 11.1 Å². The molecule has 0 heterocycles. The summed E-state index contributed by atoms with van der Waals surface area (Å²) in [5, 5.41) is 3.13. The highest BCUT2D eigenvalue weighted by Gasteiger charge is 2.37. The Bertz CT molecular complexity index is 554. The van der Waals surface area contributed by atoms with Gasteiger partial charge in [0.15, 0.2) is 0 Å². The Hall–Kier alpha value is -1.39. The molecule has 3 N–H and O–H groups in total. The van der Waals surface area contributed by atoms with E-state index in [9.17, 15) is 4.79 Å². The van der Waals surface area contributed by atoms with Gasteiger partial charge in [-0.1, -0.05) is 37.1 Å². The molecule has 24 heavy (non-hydrogen) atoms. The molecule has 0 radical (unpaired) electrons. The summed E-state index contributed by atoms with van der Waals surface area (Å²) in [5.41, 5.74) is 8.44. The van der Waals surface area contributed by atoms with E-state index in [-0.39, 0.29) is 17.4 Å². The third kappa shape index (κ3) is 4.81. The van der Waals surface area contributed by atoms with Gasteiger partial charge in [0.25, 0.3) is 0 Å². The number of amides is 1. The molecular weight excluding hydrogens is 298 g/mol. The number of rotatable bonds is 6. The van der Waals surface area contributed by atoms with Crippen LogP contribution in [0.1, 0.15) is 57.6 Å². The third-order valence-electron chi connectivity index (χ3n) is 5.44. The van der Waals surface area contributed by atoms with Crippen molar-refractivity contribution in [2.24, 2.45) is 11.7 Å². The van der Waals surface area contributed by atoms with Crippen molar-refractivity contribution in [3.63, 3.8) is 0 Å². The number of carbonyl (C=O) groups excluding carboxylic acids is 1. The monoisotopic (exact) mass is 331 g/mol. The molecule has 0 spiro atoms. The average molecular weight is 332 g/mol. The normalized spacial score (nSPS) is 24.4. The summed E-state index contributed by atoms with van der Waals surface area (Å²) >= 11 is 0. The first-order valence-corrected chi connectivity index (χ1v) is 9.15. The van der Waals surface area contributed by atoms with Crippen LogP contribution in [0.5, 0.6) is 0 Å². The zero-order chi connectivity index (χ0) is 17.7. The second-order valence-electron chi connectivity index (χ2n) is 7.80. The van der Waals surface area contributed by atoms with Crippen molar-refractivity contribution in [3.8, 4) is 0 Å². The van der Waals surface area contributed by atoms with Crippen molar-refractivity contribution >= 4 is 5.91 Å². The SMILES string of the molecule is CC(C)N(C)Cc1ccccc1CNC(=O)C1CCCCC1(C)N. The molecule has 1 aliphatic carbocycles. The molecule has 4 heteroatoms. The molecule has 0 saturated heterocycles. The summed E-state index contributed by atoms with van der Waals surface area (Å²) in [6, 6.07) is 8.84. The van der Waals surface area contributed by atoms with Crippen LogP contribution < -0.4 is 11.1 Å². The number of nitrogens with zero attached hydrogens (tertiary/aromatic N) is 1. The van der Waals surface area contributed by atoms with E-state index in [2.05, 4.69) is 49.3 Å². The minimum absolute atomic E-state index is 0.0725. The van der Waals surface area contributed by atoms with Gasteiger partial charge in [-0.25, -0.2) is 0 Å². The zero-order valence-corrected chi connectivity index (χ0v) is 15.6. The standard InChI is InChI=1S/C20H33N3O/c1-15(2)23(4)14-17-10-6-5-9-16(17)13-22-19(24)18-11-7-8-12-20(18,3)21/h5-6,9-10,15,18H,7-8,11-14,21H2,1-4H3,(H,22,24). The Kier molecular flexibility index (Phi) is 6.41. The maximum atomic E-state index is 12.6. The zero-order valence-electron chi connectivity index (χ0n) is 15.6. The molecule has 1 aromatic rings. The van der Waals surface area contributed by atoms with E-state index in [1.54, 1.807) is 0 Å². The largest absolute Gasteiger partial charge is 0.352 e. The molecule has 2 atom stereocenters. The average Bonchev–Trinajstić information content (AvgIpc) is 2.53. The first-order chi connectivity index (χ1) is 11.3. The Morgan fingerprint density at radius 1 is 1.33 bits per heavy atom. The van der Waals surface area contributed by atoms with Crippen molar-refractivity contribution in [1.29, 1.82) is 0 Å². The first-order valence-electron chi connectivity index (χ1n) is 9.15. The van der Waals surface area contributed by atoms with Crippen molar-refractivity contribution in [3.05, 3.63) is 35.4 Å². The summed E-state index contributed by atoms with van der Waals surface area (Å²) in [5.74, 6) is 0.0310. The quantitative estimate of drug-likeness (QED) is 0.842. The molecule has 1 saturated carbocycles. The first kappa shape index (κ1) is 18.9. The van der Waals surface area contributed by atoms with Gasteiger partial charge in [0, 0.05) is 24.7 Å². The van der Waals surface area contributed by atoms with Crippen LogP contribution in [0.2, 0.25) is 0 Å². The van der Waals surface area contributed by atoms with Crippen molar-refractivity contribution in [2.45, 2.75) is 71.1 Å². The lowest BCUT2D eigenvalue weighted by Gasteiger charge is -2.37. The number of carbonyl (C=O) groups is 1. The fourth-order valence-corrected chi connectivity index (χ4v) is 3.43. The van der Waals surface area contributed by atoms with Gasteiger partial charge in [0.2, 0.25) is 5.91 Å². The van der Waals surface area contributed by atoms with Gasteiger partial charge in [-0.3, -0.25) is 9.69 Å². The van der Waals surface area contributed by atoms with Crippen molar-refractivity contribution in [1.82, 2.24) is 10.2 Å². The maximum absolute atomic E-state index is 12.6. The van der Waals surface area contributed by atoms with E-state index in [4.69, 9.17) is 5.73 Å². The predicted octanol–water partition coefficient (Wildman–Crippen LogP) is 3.05. The van der Waals surface area contributed by atoms with E-state index in [1.165, 1.54) is 11.1 Å². The number of benzene rings is 1. The molecule has 0 aliphatic heterocycles. The van der Waals surface area contributed by atoms with Crippen LogP contribution in [-0.4, -0.2) is 29.4 Å². The van der Waals surface area contributed by atoms with Crippen LogP contribution >= 0.6 is 0 Å². The third-order valence-corrected chi connectivity index (χ3v) is 5.44. The van der Waals surface area contributed by atoms with Crippen molar-refractivity contribution in [2.75, 3.05) is 7.05 Å². The Balaban J connectivity index is 2.00. The molecule has 1 aliphatic rings. The smallest absolute Gasteiger partial charge is 0.225 e. The topological polar surface area (TPSA) is 58.4 Å². The van der Waals surface area contributed by atoms with E-state index in [0.717, 1.165) is 32.2 Å². The minimum atomic E-state index is -0.375. The number of hydrogen-bond donors (Lipinski definition) is 2. The van der Waals surface area contributed by atoms with Gasteiger partial charge in [-0.2, -0.15) is 0 Å². The van der Waals surface area contributed by atoms with Crippen LogP contribution in [-0.2, 0) is 17.9 Å². The van der Waals surface area contributed by atoms with E-state index >= 15 is 0 Å². The van der Waals surface area contributed by atoms with Gasteiger partial charge in [-0.15, -0.1) is 0 Å². The number of hydrogen-bond acceptors (Lipinski definition) is 3. The lowest BCUT2D eigenvalue weighted by atomic mass is 9.74. The number of nitrogens with two attached hydrogens (primary N) is 1. The molecule has 1 aromatic carbocycles. The Labute approximate surface area is 146 Å². The van der Waals surface area contributed by atoms with Crippen LogP contribution in [0.4, 0.5) is 0 Å². The van der Waals surface area contributed by atoms with E-state index in [1.807, 2.05) is 13.0 Å². The minimum Gasteiger partial charge on any atom is -0.352 e. The highest BCUT2D eigenvalue weighted by molar-refractivity contribution is 5.80. The van der Waals surface area contributed by atoms with Crippen LogP contribution in [0.15, 0.2) is 24.3 Å². The van der Waals surface area contributed by atoms with E-state index in [0.29, 0.717) is 12.6 Å². The summed E-state index contributed by atoms with van der Waals surface area (Å²) in [6.45, 7) is 7.86. The molecule has 134 valence electrons. The van der Waals surface area contributed by atoms with Crippen molar-refractivity contribution < 1.29 is 4.79 Å². The van der Waals surface area contributed by atoms with Gasteiger partial charge in [0.05, 0.1) is 5.92 Å². The van der Waals surface area contributed by atoms with Crippen LogP contribution in [0, 0.1) is 5.92 Å². The molecule has 2 unspecified atom stereocenters. The van der Waals surface area contributed by atoms with Gasteiger partial charge >= 0.3 is 0 Å². The molecule has 4 nitrogen and oxygen atoms in total. The van der Waals surface area contributed by atoms with E-state index < -0.39 is 0 Å².